The molecule has 0 spiro atoms. The molecular weight excluding hydrogens is 291 g/mol. The smallest absolute Gasteiger partial charge is 0.00552 e. The number of rotatable bonds is 2. The highest BCUT2D eigenvalue weighted by Gasteiger charge is 2.39. The van der Waals surface area contributed by atoms with Gasteiger partial charge in [-0.05, 0) is 48.5 Å². The van der Waals surface area contributed by atoms with E-state index in [2.05, 4.69) is 34.4 Å². The van der Waals surface area contributed by atoms with Gasteiger partial charge in [0, 0.05) is 4.43 Å². The monoisotopic (exact) mass is 310 g/mol. The molecule has 0 aromatic heterocycles. The molecule has 0 nitrogen and oxygen atoms in total. The average molecular weight is 310 g/mol. The summed E-state index contributed by atoms with van der Waals surface area (Å²) in [5.74, 6) is 3.95. The van der Waals surface area contributed by atoms with Crippen LogP contribution < -0.4 is 0 Å². The van der Waals surface area contributed by atoms with Gasteiger partial charge in [-0.2, -0.15) is 11.8 Å². The third kappa shape index (κ3) is 2.19. The van der Waals surface area contributed by atoms with Gasteiger partial charge in [-0.1, -0.05) is 35.4 Å². The lowest BCUT2D eigenvalue weighted by Crippen LogP contribution is -2.34. The fourth-order valence-corrected chi connectivity index (χ4v) is 5.66. The van der Waals surface area contributed by atoms with E-state index < -0.39 is 0 Å². The summed E-state index contributed by atoms with van der Waals surface area (Å²) < 4.78 is 1.41. The van der Waals surface area contributed by atoms with Gasteiger partial charge in [0.15, 0.2) is 0 Å². The minimum atomic E-state index is 0.766. The average Bonchev–Trinajstić information content (AvgIpc) is 2.72. The summed E-state index contributed by atoms with van der Waals surface area (Å²) in [6, 6.07) is 0. The number of thioether (sulfide) groups is 1. The third-order valence-corrected chi connectivity index (χ3v) is 6.48. The predicted octanol–water partition coefficient (Wildman–Crippen LogP) is 4.13. The van der Waals surface area contributed by atoms with Crippen molar-refractivity contribution in [2.24, 2.45) is 11.3 Å². The fraction of sp³-hybridized carbons (Fsp3) is 1.00. The lowest BCUT2D eigenvalue weighted by Gasteiger charge is -2.41. The number of halogens is 1. The van der Waals surface area contributed by atoms with Gasteiger partial charge >= 0.3 is 0 Å². The van der Waals surface area contributed by atoms with E-state index in [1.165, 1.54) is 54.5 Å². The molecule has 0 amide bonds. The second kappa shape index (κ2) is 4.73. The highest BCUT2D eigenvalue weighted by atomic mass is 127. The quantitative estimate of drug-likeness (QED) is 0.546. The Labute approximate surface area is 99.8 Å². The van der Waals surface area contributed by atoms with Gasteiger partial charge in [0.05, 0.1) is 0 Å². The molecule has 0 unspecified atom stereocenters. The maximum absolute atomic E-state index is 2.64. The highest BCUT2D eigenvalue weighted by Crippen LogP contribution is 2.49. The maximum Gasteiger partial charge on any atom is 0.00552 e. The number of hydrogen-bond donors (Lipinski definition) is 0. The lowest BCUT2D eigenvalue weighted by atomic mass is 9.72. The Kier molecular flexibility index (Phi) is 3.86. The number of alkyl halides is 1. The van der Waals surface area contributed by atoms with Gasteiger partial charge in [0.25, 0.3) is 0 Å². The lowest BCUT2D eigenvalue weighted by molar-refractivity contribution is 0.182. The molecule has 0 bridgehead atoms. The molecule has 13 heavy (non-hydrogen) atoms. The molecule has 1 saturated heterocycles. The zero-order valence-electron chi connectivity index (χ0n) is 8.23. The van der Waals surface area contributed by atoms with Crippen LogP contribution >= 0.6 is 34.4 Å². The maximum atomic E-state index is 2.64. The summed E-state index contributed by atoms with van der Waals surface area (Å²) in [5, 5.41) is 0. The fourth-order valence-electron chi connectivity index (χ4n) is 2.97. The first-order valence-electron chi connectivity index (χ1n) is 5.51. The zero-order chi connectivity index (χ0) is 9.15. The van der Waals surface area contributed by atoms with Crippen molar-refractivity contribution in [1.82, 2.24) is 0 Å². The van der Waals surface area contributed by atoms with E-state index in [9.17, 15) is 0 Å². The summed E-state index contributed by atoms with van der Waals surface area (Å²) in [6.07, 6.45) is 9.10. The van der Waals surface area contributed by atoms with Crippen LogP contribution in [0.3, 0.4) is 0 Å². The molecule has 0 N–H and O–H groups in total. The summed E-state index contributed by atoms with van der Waals surface area (Å²) in [5.41, 5.74) is 0.766. The molecule has 1 heterocycles. The van der Waals surface area contributed by atoms with Gasteiger partial charge in [0.1, 0.15) is 0 Å². The molecule has 0 aromatic carbocycles. The van der Waals surface area contributed by atoms with E-state index in [-0.39, 0.29) is 0 Å². The second-order valence-electron chi connectivity index (χ2n) is 4.59. The SMILES string of the molecule is ICC1(C2CCCC2)CCSCC1. The van der Waals surface area contributed by atoms with Crippen molar-refractivity contribution < 1.29 is 0 Å². The molecule has 2 heteroatoms. The van der Waals surface area contributed by atoms with E-state index in [1.807, 2.05) is 0 Å². The summed E-state index contributed by atoms with van der Waals surface area (Å²) >= 11 is 4.81. The molecule has 1 saturated carbocycles. The zero-order valence-corrected chi connectivity index (χ0v) is 11.2. The topological polar surface area (TPSA) is 0 Å². The Hall–Kier alpha value is 1.08. The van der Waals surface area contributed by atoms with Crippen molar-refractivity contribution >= 4 is 34.4 Å². The molecular formula is C11H19IS. The van der Waals surface area contributed by atoms with Crippen LogP contribution in [0, 0.1) is 11.3 Å². The Morgan fingerprint density at radius 3 is 2.31 bits per heavy atom. The predicted molar refractivity (Wildman–Crippen MR) is 69.8 cm³/mol. The van der Waals surface area contributed by atoms with Crippen LogP contribution in [0.5, 0.6) is 0 Å². The molecule has 0 atom stereocenters. The van der Waals surface area contributed by atoms with Crippen LogP contribution in [-0.2, 0) is 0 Å². The molecule has 2 fully saturated rings. The molecule has 0 aromatic rings. The van der Waals surface area contributed by atoms with E-state index >= 15 is 0 Å². The molecule has 76 valence electrons. The van der Waals surface area contributed by atoms with Gasteiger partial charge in [-0.15, -0.1) is 0 Å². The Morgan fingerprint density at radius 1 is 1.15 bits per heavy atom. The highest BCUT2D eigenvalue weighted by molar-refractivity contribution is 14.1. The molecule has 1 aliphatic heterocycles. The van der Waals surface area contributed by atoms with E-state index in [0.717, 1.165) is 11.3 Å². The van der Waals surface area contributed by atoms with Crippen molar-refractivity contribution in [3.8, 4) is 0 Å². The van der Waals surface area contributed by atoms with Crippen LogP contribution in [0.4, 0.5) is 0 Å². The third-order valence-electron chi connectivity index (χ3n) is 3.98. The van der Waals surface area contributed by atoms with Gasteiger partial charge in [0.2, 0.25) is 0 Å². The van der Waals surface area contributed by atoms with Crippen LogP contribution in [-0.4, -0.2) is 15.9 Å². The standard InChI is InChI=1S/C11H19IS/c12-9-11(5-7-13-8-6-11)10-3-1-2-4-10/h10H,1-9H2. The van der Waals surface area contributed by atoms with E-state index in [4.69, 9.17) is 0 Å². The van der Waals surface area contributed by atoms with Crippen LogP contribution in [0.25, 0.3) is 0 Å². The normalized spacial score (nSPS) is 29.3. The second-order valence-corrected chi connectivity index (χ2v) is 6.58. The largest absolute Gasteiger partial charge is 0.162 e. The Morgan fingerprint density at radius 2 is 1.77 bits per heavy atom. The Bertz CT molecular complexity index is 157. The van der Waals surface area contributed by atoms with Gasteiger partial charge in [-0.25, -0.2) is 0 Å². The first-order chi connectivity index (χ1) is 6.37. The minimum absolute atomic E-state index is 0.766. The molecule has 2 rings (SSSR count). The van der Waals surface area contributed by atoms with Crippen molar-refractivity contribution in [2.75, 3.05) is 15.9 Å². The van der Waals surface area contributed by atoms with Gasteiger partial charge in [-0.3, -0.25) is 0 Å². The van der Waals surface area contributed by atoms with Crippen LogP contribution in [0.1, 0.15) is 38.5 Å². The minimum Gasteiger partial charge on any atom is -0.162 e. The van der Waals surface area contributed by atoms with Crippen molar-refractivity contribution in [3.63, 3.8) is 0 Å². The molecule has 0 radical (unpaired) electrons. The summed E-state index contributed by atoms with van der Waals surface area (Å²) in [4.78, 5) is 0. The van der Waals surface area contributed by atoms with Crippen LogP contribution in [0.15, 0.2) is 0 Å². The molecule has 2 aliphatic rings. The van der Waals surface area contributed by atoms with E-state index in [0.29, 0.717) is 0 Å². The summed E-state index contributed by atoms with van der Waals surface area (Å²) in [6.45, 7) is 0. The number of hydrogen-bond acceptors (Lipinski definition) is 1. The van der Waals surface area contributed by atoms with E-state index in [1.54, 1.807) is 0 Å². The Balaban J connectivity index is 2.03. The van der Waals surface area contributed by atoms with Crippen molar-refractivity contribution in [2.45, 2.75) is 38.5 Å². The van der Waals surface area contributed by atoms with Gasteiger partial charge < -0.3 is 0 Å². The first-order valence-corrected chi connectivity index (χ1v) is 8.19. The first kappa shape index (κ1) is 10.6. The van der Waals surface area contributed by atoms with Crippen molar-refractivity contribution in [3.05, 3.63) is 0 Å². The van der Waals surface area contributed by atoms with Crippen LogP contribution in [0.2, 0.25) is 0 Å². The molecule has 1 aliphatic carbocycles. The van der Waals surface area contributed by atoms with Crippen molar-refractivity contribution in [1.29, 1.82) is 0 Å². The summed E-state index contributed by atoms with van der Waals surface area (Å²) in [7, 11) is 0.